The highest BCUT2D eigenvalue weighted by molar-refractivity contribution is 6.46. The van der Waals surface area contributed by atoms with Crippen molar-refractivity contribution in [3.05, 3.63) is 111 Å². The maximum atomic E-state index is 13.1. The van der Waals surface area contributed by atoms with Crippen molar-refractivity contribution in [1.29, 1.82) is 0 Å². The second-order valence-corrected chi connectivity index (χ2v) is 9.16. The number of para-hydroxylation sites is 1. The van der Waals surface area contributed by atoms with Gasteiger partial charge in [0.1, 0.15) is 0 Å². The molecule has 170 valence electrons. The second kappa shape index (κ2) is 8.08. The fourth-order valence-corrected chi connectivity index (χ4v) is 4.60. The van der Waals surface area contributed by atoms with Gasteiger partial charge >= 0.3 is 0 Å². The van der Waals surface area contributed by atoms with Gasteiger partial charge in [-0.15, -0.1) is 0 Å². The van der Waals surface area contributed by atoms with E-state index >= 15 is 0 Å². The van der Waals surface area contributed by atoms with Gasteiger partial charge in [0.2, 0.25) is 5.89 Å². The predicted octanol–water partition coefficient (Wildman–Crippen LogP) is 7.36. The molecule has 0 amide bonds. The predicted molar refractivity (Wildman–Crippen MR) is 137 cm³/mol. The van der Waals surface area contributed by atoms with Crippen LogP contribution in [-0.4, -0.2) is 21.1 Å². The molecule has 0 saturated heterocycles. The van der Waals surface area contributed by atoms with E-state index in [0.717, 1.165) is 16.8 Å². The van der Waals surface area contributed by atoms with E-state index in [4.69, 9.17) is 32.6 Å². The molecule has 2 heterocycles. The molecular formula is C28H16Cl2N2O3. The zero-order chi connectivity index (χ0) is 24.3. The van der Waals surface area contributed by atoms with Crippen molar-refractivity contribution < 1.29 is 14.0 Å². The summed E-state index contributed by atoms with van der Waals surface area (Å²) in [6.45, 7) is 2.02. The number of hydrogen-bond donors (Lipinski definition) is 0. The molecule has 1 aliphatic carbocycles. The Bertz CT molecular complexity index is 1650. The summed E-state index contributed by atoms with van der Waals surface area (Å²) >= 11 is 12.2. The van der Waals surface area contributed by atoms with Crippen LogP contribution in [0.4, 0.5) is 0 Å². The molecule has 0 atom stereocenters. The van der Waals surface area contributed by atoms with E-state index in [1.54, 1.807) is 12.1 Å². The third-order valence-electron chi connectivity index (χ3n) is 6.03. The number of ketones is 2. The van der Waals surface area contributed by atoms with E-state index in [1.807, 2.05) is 66.1 Å². The Kier molecular flexibility index (Phi) is 4.99. The molecule has 0 spiro atoms. The van der Waals surface area contributed by atoms with Gasteiger partial charge in [0.05, 0.1) is 21.3 Å². The number of carbonyl (C=O) groups is 2. The number of aryl methyl sites for hydroxylation is 1. The lowest BCUT2D eigenvalue weighted by atomic mass is 10.1. The van der Waals surface area contributed by atoms with Crippen molar-refractivity contribution in [2.45, 2.75) is 6.92 Å². The number of rotatable bonds is 3. The molecule has 7 heteroatoms. The highest BCUT2D eigenvalue weighted by atomic mass is 35.5. The Labute approximate surface area is 210 Å². The molecule has 3 aromatic carbocycles. The minimum Gasteiger partial charge on any atom is -0.434 e. The minimum absolute atomic E-state index is 0.0365. The van der Waals surface area contributed by atoms with E-state index in [0.29, 0.717) is 22.8 Å². The van der Waals surface area contributed by atoms with E-state index in [1.165, 1.54) is 12.1 Å². The summed E-state index contributed by atoms with van der Waals surface area (Å²) in [5.74, 6) is -0.299. The molecule has 6 rings (SSSR count). The monoisotopic (exact) mass is 498 g/mol. The highest BCUT2D eigenvalue weighted by Gasteiger charge is 2.34. The topological polar surface area (TPSA) is 65.1 Å². The Morgan fingerprint density at radius 2 is 1.49 bits per heavy atom. The maximum absolute atomic E-state index is 13.1. The lowest BCUT2D eigenvalue weighted by molar-refractivity contribution is 0.0990. The molecule has 0 saturated carbocycles. The average molecular weight is 499 g/mol. The van der Waals surface area contributed by atoms with Crippen molar-refractivity contribution >= 4 is 52.1 Å². The van der Waals surface area contributed by atoms with Crippen LogP contribution in [0.1, 0.15) is 32.0 Å². The quantitative estimate of drug-likeness (QED) is 0.192. The fraction of sp³-hybridized carbons (Fsp3) is 0.0357. The van der Waals surface area contributed by atoms with Crippen molar-refractivity contribution in [2.75, 3.05) is 0 Å². The van der Waals surface area contributed by atoms with Crippen molar-refractivity contribution in [3.8, 4) is 17.1 Å². The number of allylic oxidation sites excluding steroid dienone is 1. The molecule has 2 aromatic heterocycles. The maximum Gasteiger partial charge on any atom is 0.228 e. The lowest BCUT2D eigenvalue weighted by Gasteiger charge is -2.07. The molecule has 5 aromatic rings. The van der Waals surface area contributed by atoms with Crippen LogP contribution >= 0.6 is 23.2 Å². The lowest BCUT2D eigenvalue weighted by Crippen LogP contribution is -2.03. The standard InChI is InChI=1S/C28H16Cl2N2O3/c1-15-7-9-16(10-8-15)28-31-27-24(35-28)12-18(32(27)17-5-3-2-4-6-17)11-21-25(33)19-13-22(29)23(30)14-20(19)26(21)34/h2-14H,1H3. The molecular weight excluding hydrogens is 483 g/mol. The Morgan fingerprint density at radius 3 is 2.11 bits per heavy atom. The summed E-state index contributed by atoms with van der Waals surface area (Å²) in [7, 11) is 0. The third kappa shape index (κ3) is 3.52. The molecule has 0 radical (unpaired) electrons. The number of oxazole rings is 1. The summed E-state index contributed by atoms with van der Waals surface area (Å²) in [6.07, 6.45) is 1.57. The van der Waals surface area contributed by atoms with Crippen LogP contribution in [0.25, 0.3) is 34.4 Å². The largest absolute Gasteiger partial charge is 0.434 e. The Hall–Kier alpha value is -3.93. The Morgan fingerprint density at radius 1 is 0.857 bits per heavy atom. The smallest absolute Gasteiger partial charge is 0.228 e. The van der Waals surface area contributed by atoms with Crippen LogP contribution in [0.2, 0.25) is 10.0 Å². The number of halogens is 2. The zero-order valence-electron chi connectivity index (χ0n) is 18.4. The molecule has 0 bridgehead atoms. The van der Waals surface area contributed by atoms with Gasteiger partial charge in [-0.05, 0) is 49.4 Å². The van der Waals surface area contributed by atoms with E-state index in [-0.39, 0.29) is 26.7 Å². The summed E-state index contributed by atoms with van der Waals surface area (Å²) in [4.78, 5) is 31.0. The van der Waals surface area contributed by atoms with Gasteiger partial charge in [-0.2, -0.15) is 4.98 Å². The SMILES string of the molecule is Cc1ccc(-c2nc3c(cc(C=C4C(=O)c5cc(Cl)c(Cl)cc5C4=O)n3-c3ccccc3)o2)cc1. The van der Waals surface area contributed by atoms with Gasteiger partial charge in [0.25, 0.3) is 0 Å². The van der Waals surface area contributed by atoms with E-state index in [2.05, 4.69) is 0 Å². The van der Waals surface area contributed by atoms with Crippen LogP contribution in [0.5, 0.6) is 0 Å². The van der Waals surface area contributed by atoms with Crippen molar-refractivity contribution in [1.82, 2.24) is 9.55 Å². The molecule has 0 aliphatic heterocycles. The average Bonchev–Trinajstić information content (AvgIpc) is 3.47. The van der Waals surface area contributed by atoms with E-state index < -0.39 is 11.6 Å². The molecule has 0 N–H and O–H groups in total. The minimum atomic E-state index is -0.394. The molecule has 35 heavy (non-hydrogen) atoms. The summed E-state index contributed by atoms with van der Waals surface area (Å²) in [6, 6.07) is 22.2. The second-order valence-electron chi connectivity index (χ2n) is 8.34. The van der Waals surface area contributed by atoms with Gasteiger partial charge in [0.15, 0.2) is 22.8 Å². The normalized spacial score (nSPS) is 13.1. The summed E-state index contributed by atoms with van der Waals surface area (Å²) in [5.41, 5.74) is 5.06. The van der Waals surface area contributed by atoms with Crippen LogP contribution in [0.15, 0.2) is 82.8 Å². The van der Waals surface area contributed by atoms with Crippen LogP contribution in [-0.2, 0) is 0 Å². The van der Waals surface area contributed by atoms with Crippen molar-refractivity contribution in [2.24, 2.45) is 0 Å². The van der Waals surface area contributed by atoms with Gasteiger partial charge in [0, 0.05) is 28.4 Å². The molecule has 0 fully saturated rings. The van der Waals surface area contributed by atoms with Crippen LogP contribution < -0.4 is 0 Å². The number of nitrogens with zero attached hydrogens (tertiary/aromatic N) is 2. The van der Waals surface area contributed by atoms with E-state index in [9.17, 15) is 9.59 Å². The number of benzene rings is 3. The molecule has 5 nitrogen and oxygen atoms in total. The number of aromatic nitrogens is 2. The number of fused-ring (bicyclic) bond motifs is 2. The van der Waals surface area contributed by atoms with Gasteiger partial charge in [-0.3, -0.25) is 14.2 Å². The molecule has 0 unspecified atom stereocenters. The van der Waals surface area contributed by atoms with Gasteiger partial charge in [-0.1, -0.05) is 59.1 Å². The van der Waals surface area contributed by atoms with Crippen LogP contribution in [0, 0.1) is 6.92 Å². The first-order valence-corrected chi connectivity index (χ1v) is 11.6. The summed E-state index contributed by atoms with van der Waals surface area (Å²) in [5, 5.41) is 0.455. The Balaban J connectivity index is 1.52. The third-order valence-corrected chi connectivity index (χ3v) is 6.75. The summed E-state index contributed by atoms with van der Waals surface area (Å²) < 4.78 is 7.95. The van der Waals surface area contributed by atoms with Crippen LogP contribution in [0.3, 0.4) is 0 Å². The first-order valence-electron chi connectivity index (χ1n) is 10.9. The number of hydrogen-bond acceptors (Lipinski definition) is 4. The van der Waals surface area contributed by atoms with Gasteiger partial charge < -0.3 is 4.42 Å². The van der Waals surface area contributed by atoms with Gasteiger partial charge in [-0.25, -0.2) is 0 Å². The van der Waals surface area contributed by atoms with Crippen molar-refractivity contribution in [3.63, 3.8) is 0 Å². The number of carbonyl (C=O) groups excluding carboxylic acids is 2. The zero-order valence-corrected chi connectivity index (χ0v) is 19.9. The highest BCUT2D eigenvalue weighted by Crippen LogP contribution is 2.36. The first-order chi connectivity index (χ1) is 16.9. The number of Topliss-reactive ketones (excluding diaryl/α,β-unsaturated/α-hetero) is 2. The molecule has 1 aliphatic rings. The first kappa shape index (κ1) is 21.6. The fourth-order valence-electron chi connectivity index (χ4n) is 4.27.